The van der Waals surface area contributed by atoms with Crippen molar-refractivity contribution < 1.29 is 14.3 Å². The number of aryl methyl sites for hydroxylation is 1. The highest BCUT2D eigenvalue weighted by Gasteiger charge is 2.33. The van der Waals surface area contributed by atoms with E-state index in [0.29, 0.717) is 19.7 Å². The van der Waals surface area contributed by atoms with Gasteiger partial charge in [-0.3, -0.25) is 9.59 Å². The van der Waals surface area contributed by atoms with Gasteiger partial charge in [-0.05, 0) is 43.7 Å². The van der Waals surface area contributed by atoms with Gasteiger partial charge >= 0.3 is 0 Å². The largest absolute Gasteiger partial charge is 0.383 e. The van der Waals surface area contributed by atoms with Gasteiger partial charge in [0.1, 0.15) is 0 Å². The summed E-state index contributed by atoms with van der Waals surface area (Å²) in [5, 5.41) is 4.81. The van der Waals surface area contributed by atoms with E-state index >= 15 is 0 Å². The van der Waals surface area contributed by atoms with Crippen LogP contribution in [0, 0.1) is 12.8 Å². The number of nitrogens with one attached hydrogen (secondary N) is 1. The lowest BCUT2D eigenvalue weighted by atomic mass is 9.92. The van der Waals surface area contributed by atoms with Gasteiger partial charge in [0, 0.05) is 26.2 Å². The fourth-order valence-corrected chi connectivity index (χ4v) is 3.63. The van der Waals surface area contributed by atoms with Crippen LogP contribution in [0.25, 0.3) is 0 Å². The second kappa shape index (κ2) is 7.74. The second-order valence-corrected chi connectivity index (χ2v) is 6.71. The standard InChI is InChI=1S/C16H24N2O3S/c1-11-6-9-22-14(11)16(20)18-10-13(5-4-12(18)2)15(19)17-7-8-21-3/h6,9,12-13H,4-5,7-8,10H2,1-3H3,(H,17,19). The molecular weight excluding hydrogens is 300 g/mol. The molecule has 2 heterocycles. The Bertz CT molecular complexity index is 529. The first-order valence-corrected chi connectivity index (χ1v) is 8.54. The quantitative estimate of drug-likeness (QED) is 0.844. The molecule has 1 aromatic heterocycles. The second-order valence-electron chi connectivity index (χ2n) is 5.80. The van der Waals surface area contributed by atoms with Gasteiger partial charge in [0.15, 0.2) is 0 Å². The number of rotatable bonds is 5. The van der Waals surface area contributed by atoms with E-state index in [1.807, 2.05) is 23.3 Å². The van der Waals surface area contributed by atoms with E-state index in [-0.39, 0.29) is 23.8 Å². The lowest BCUT2D eigenvalue weighted by Crippen LogP contribution is -2.49. The molecule has 1 saturated heterocycles. The summed E-state index contributed by atoms with van der Waals surface area (Å²) in [6.45, 7) is 5.52. The first kappa shape index (κ1) is 17.0. The summed E-state index contributed by atoms with van der Waals surface area (Å²) >= 11 is 1.47. The molecular formula is C16H24N2O3S. The smallest absolute Gasteiger partial charge is 0.264 e. The summed E-state index contributed by atoms with van der Waals surface area (Å²) in [4.78, 5) is 27.5. The third kappa shape index (κ3) is 3.87. The van der Waals surface area contributed by atoms with Crippen molar-refractivity contribution in [2.75, 3.05) is 26.8 Å². The summed E-state index contributed by atoms with van der Waals surface area (Å²) < 4.78 is 4.94. The molecule has 0 bridgehead atoms. The Kier molecular flexibility index (Phi) is 5.97. The number of hydrogen-bond acceptors (Lipinski definition) is 4. The summed E-state index contributed by atoms with van der Waals surface area (Å²) in [6, 6.07) is 2.14. The van der Waals surface area contributed by atoms with Crippen LogP contribution in [0.1, 0.15) is 35.0 Å². The molecule has 2 rings (SSSR count). The minimum atomic E-state index is -0.128. The molecule has 1 N–H and O–H groups in total. The number of amides is 2. The van der Waals surface area contributed by atoms with Crippen LogP contribution in [0.2, 0.25) is 0 Å². The number of ether oxygens (including phenoxy) is 1. The lowest BCUT2D eigenvalue weighted by Gasteiger charge is -2.37. The van der Waals surface area contributed by atoms with E-state index in [0.717, 1.165) is 23.3 Å². The third-order valence-electron chi connectivity index (χ3n) is 4.18. The molecule has 1 fully saturated rings. The highest BCUT2D eigenvalue weighted by atomic mass is 32.1. The molecule has 2 amide bonds. The van der Waals surface area contributed by atoms with Crippen molar-refractivity contribution in [3.8, 4) is 0 Å². The summed E-state index contributed by atoms with van der Waals surface area (Å²) in [6.07, 6.45) is 1.69. The Labute approximate surface area is 135 Å². The maximum Gasteiger partial charge on any atom is 0.264 e. The molecule has 122 valence electrons. The molecule has 1 aliphatic heterocycles. The number of nitrogens with zero attached hydrogens (tertiary/aromatic N) is 1. The highest BCUT2D eigenvalue weighted by Crippen LogP contribution is 2.26. The summed E-state index contributed by atoms with van der Waals surface area (Å²) in [5.41, 5.74) is 1.01. The predicted molar refractivity (Wildman–Crippen MR) is 87.2 cm³/mol. The van der Waals surface area contributed by atoms with Crippen molar-refractivity contribution in [1.29, 1.82) is 0 Å². The Hall–Kier alpha value is -1.40. The molecule has 0 aliphatic carbocycles. The molecule has 22 heavy (non-hydrogen) atoms. The lowest BCUT2D eigenvalue weighted by molar-refractivity contribution is -0.126. The SMILES string of the molecule is COCCNC(=O)C1CCC(C)N(C(=O)c2sccc2C)C1. The van der Waals surface area contributed by atoms with Crippen molar-refractivity contribution in [3.05, 3.63) is 21.9 Å². The highest BCUT2D eigenvalue weighted by molar-refractivity contribution is 7.12. The van der Waals surface area contributed by atoms with Crippen molar-refractivity contribution in [2.24, 2.45) is 5.92 Å². The van der Waals surface area contributed by atoms with E-state index in [2.05, 4.69) is 12.2 Å². The minimum absolute atomic E-state index is 0.0182. The van der Waals surface area contributed by atoms with Crippen molar-refractivity contribution in [3.63, 3.8) is 0 Å². The van der Waals surface area contributed by atoms with Crippen LogP contribution >= 0.6 is 11.3 Å². The summed E-state index contributed by atoms with van der Waals surface area (Å²) in [7, 11) is 1.61. The summed E-state index contributed by atoms with van der Waals surface area (Å²) in [5.74, 6) is -0.0590. The van der Waals surface area contributed by atoms with Crippen LogP contribution in [0.5, 0.6) is 0 Å². The first-order valence-electron chi connectivity index (χ1n) is 7.66. The number of methoxy groups -OCH3 is 1. The molecule has 5 nitrogen and oxygen atoms in total. The van der Waals surface area contributed by atoms with E-state index in [4.69, 9.17) is 4.74 Å². The number of likely N-dealkylation sites (tertiary alicyclic amines) is 1. The monoisotopic (exact) mass is 324 g/mol. The van der Waals surface area contributed by atoms with E-state index in [1.54, 1.807) is 7.11 Å². The minimum Gasteiger partial charge on any atom is -0.383 e. The Morgan fingerprint density at radius 3 is 2.86 bits per heavy atom. The average molecular weight is 324 g/mol. The number of thiophene rings is 1. The molecule has 1 aromatic rings. The molecule has 2 unspecified atom stereocenters. The molecule has 0 saturated carbocycles. The van der Waals surface area contributed by atoms with Crippen molar-refractivity contribution >= 4 is 23.2 Å². The number of carbonyl (C=O) groups is 2. The Morgan fingerprint density at radius 2 is 2.23 bits per heavy atom. The molecule has 0 spiro atoms. The number of piperidine rings is 1. The van der Waals surface area contributed by atoms with E-state index in [1.165, 1.54) is 11.3 Å². The van der Waals surface area contributed by atoms with Crippen molar-refractivity contribution in [1.82, 2.24) is 10.2 Å². The van der Waals surface area contributed by atoms with Crippen LogP contribution in [0.4, 0.5) is 0 Å². The van der Waals surface area contributed by atoms with Gasteiger partial charge in [-0.25, -0.2) is 0 Å². The van der Waals surface area contributed by atoms with Crippen LogP contribution in [0.3, 0.4) is 0 Å². The fourth-order valence-electron chi connectivity index (χ4n) is 2.75. The normalized spacial score (nSPS) is 21.7. The Morgan fingerprint density at radius 1 is 1.45 bits per heavy atom. The number of hydrogen-bond donors (Lipinski definition) is 1. The zero-order chi connectivity index (χ0) is 16.1. The van der Waals surface area contributed by atoms with Crippen LogP contribution in [-0.4, -0.2) is 49.6 Å². The molecule has 0 radical (unpaired) electrons. The van der Waals surface area contributed by atoms with Gasteiger partial charge in [-0.2, -0.15) is 0 Å². The zero-order valence-corrected chi connectivity index (χ0v) is 14.2. The van der Waals surface area contributed by atoms with Crippen LogP contribution < -0.4 is 5.32 Å². The molecule has 2 atom stereocenters. The fraction of sp³-hybridized carbons (Fsp3) is 0.625. The zero-order valence-electron chi connectivity index (χ0n) is 13.4. The molecule has 6 heteroatoms. The predicted octanol–water partition coefficient (Wildman–Crippen LogP) is 2.06. The van der Waals surface area contributed by atoms with Gasteiger partial charge in [0.2, 0.25) is 5.91 Å². The topological polar surface area (TPSA) is 58.6 Å². The van der Waals surface area contributed by atoms with Crippen LogP contribution in [-0.2, 0) is 9.53 Å². The van der Waals surface area contributed by atoms with Gasteiger partial charge in [0.05, 0.1) is 17.4 Å². The van der Waals surface area contributed by atoms with Crippen molar-refractivity contribution in [2.45, 2.75) is 32.7 Å². The van der Waals surface area contributed by atoms with E-state index < -0.39 is 0 Å². The molecule has 0 aromatic carbocycles. The van der Waals surface area contributed by atoms with Gasteiger partial charge in [0.25, 0.3) is 5.91 Å². The molecule has 1 aliphatic rings. The third-order valence-corrected chi connectivity index (χ3v) is 5.18. The van der Waals surface area contributed by atoms with Gasteiger partial charge < -0.3 is 15.0 Å². The maximum absolute atomic E-state index is 12.7. The Balaban J connectivity index is 2.00. The number of carbonyl (C=O) groups excluding carboxylic acids is 2. The van der Waals surface area contributed by atoms with Gasteiger partial charge in [-0.1, -0.05) is 0 Å². The average Bonchev–Trinajstić information content (AvgIpc) is 2.93. The first-order chi connectivity index (χ1) is 10.5. The maximum atomic E-state index is 12.7. The van der Waals surface area contributed by atoms with E-state index in [9.17, 15) is 9.59 Å². The van der Waals surface area contributed by atoms with Gasteiger partial charge in [-0.15, -0.1) is 11.3 Å². The van der Waals surface area contributed by atoms with Crippen LogP contribution in [0.15, 0.2) is 11.4 Å².